The highest BCUT2D eigenvalue weighted by molar-refractivity contribution is 9.10. The molecule has 2 heteroatoms. The molecule has 0 aliphatic rings. The second-order valence-electron chi connectivity index (χ2n) is 6.26. The topological polar surface area (TPSA) is 26.0 Å². The fourth-order valence-electron chi connectivity index (χ4n) is 2.41. The maximum absolute atomic E-state index is 6.25. The minimum atomic E-state index is 0.153. The van der Waals surface area contributed by atoms with Crippen LogP contribution in [0.15, 0.2) is 28.7 Å². The number of benzene rings is 1. The molecule has 0 saturated carbocycles. The molecule has 0 saturated heterocycles. The van der Waals surface area contributed by atoms with E-state index < -0.39 is 0 Å². The van der Waals surface area contributed by atoms with Gasteiger partial charge in [0.25, 0.3) is 0 Å². The Bertz CT molecular complexity index is 337. The number of nitrogens with two attached hydrogens (primary N) is 1. The maximum atomic E-state index is 6.25. The van der Waals surface area contributed by atoms with Crippen molar-refractivity contribution in [3.05, 3.63) is 34.3 Å². The Balaban J connectivity index is 2.54. The molecule has 0 aliphatic heterocycles. The Morgan fingerprint density at radius 1 is 1.18 bits per heavy atom. The Morgan fingerprint density at radius 3 is 2.18 bits per heavy atom. The molecule has 0 radical (unpaired) electrons. The van der Waals surface area contributed by atoms with E-state index in [1.807, 2.05) is 0 Å². The lowest BCUT2D eigenvalue weighted by atomic mass is 9.82. The van der Waals surface area contributed by atoms with Crippen LogP contribution in [0.2, 0.25) is 0 Å². The van der Waals surface area contributed by atoms with Crippen molar-refractivity contribution in [3.63, 3.8) is 0 Å². The predicted octanol–water partition coefficient (Wildman–Crippen LogP) is 4.91. The third-order valence-corrected chi connectivity index (χ3v) is 3.44. The van der Waals surface area contributed by atoms with Gasteiger partial charge in [-0.25, -0.2) is 0 Å². The Kier molecular flexibility index (Phi) is 5.21. The summed E-state index contributed by atoms with van der Waals surface area (Å²) in [4.78, 5) is 0. The fraction of sp³-hybridized carbons (Fsp3) is 0.600. The molecule has 0 amide bonds. The molecule has 1 rings (SSSR count). The SMILES string of the molecule is CC(CC(N)c1ccc(Br)cc1)CC(C)(C)C. The van der Waals surface area contributed by atoms with Crippen molar-refractivity contribution in [2.45, 2.75) is 46.6 Å². The van der Waals surface area contributed by atoms with Gasteiger partial charge in [-0.3, -0.25) is 0 Å². The molecule has 2 unspecified atom stereocenters. The molecule has 96 valence electrons. The third-order valence-electron chi connectivity index (χ3n) is 2.92. The van der Waals surface area contributed by atoms with E-state index in [0.717, 1.165) is 10.9 Å². The van der Waals surface area contributed by atoms with Gasteiger partial charge in [0.15, 0.2) is 0 Å². The zero-order chi connectivity index (χ0) is 13.1. The van der Waals surface area contributed by atoms with Gasteiger partial charge in [-0.2, -0.15) is 0 Å². The van der Waals surface area contributed by atoms with Crippen molar-refractivity contribution in [3.8, 4) is 0 Å². The molecule has 0 heterocycles. The van der Waals surface area contributed by atoms with Crippen molar-refractivity contribution >= 4 is 15.9 Å². The second kappa shape index (κ2) is 6.01. The van der Waals surface area contributed by atoms with Gasteiger partial charge in [0.1, 0.15) is 0 Å². The molecule has 2 N–H and O–H groups in total. The average Bonchev–Trinajstić information content (AvgIpc) is 2.15. The number of halogens is 1. The van der Waals surface area contributed by atoms with Crippen LogP contribution in [0.5, 0.6) is 0 Å². The zero-order valence-electron chi connectivity index (χ0n) is 11.3. The Hall–Kier alpha value is -0.340. The fourth-order valence-corrected chi connectivity index (χ4v) is 2.67. The van der Waals surface area contributed by atoms with E-state index in [9.17, 15) is 0 Å². The summed E-state index contributed by atoms with van der Waals surface area (Å²) in [5, 5.41) is 0. The average molecular weight is 298 g/mol. The summed E-state index contributed by atoms with van der Waals surface area (Å²) in [6, 6.07) is 8.49. The summed E-state index contributed by atoms with van der Waals surface area (Å²) in [5.74, 6) is 0.661. The van der Waals surface area contributed by atoms with Crippen LogP contribution in [0.4, 0.5) is 0 Å². The number of hydrogen-bond donors (Lipinski definition) is 1. The molecule has 1 aromatic rings. The molecule has 0 spiro atoms. The number of hydrogen-bond acceptors (Lipinski definition) is 1. The van der Waals surface area contributed by atoms with Gasteiger partial charge < -0.3 is 5.73 Å². The highest BCUT2D eigenvalue weighted by Crippen LogP contribution is 2.29. The quantitative estimate of drug-likeness (QED) is 0.839. The first-order chi connectivity index (χ1) is 7.78. The van der Waals surface area contributed by atoms with Crippen LogP contribution in [-0.2, 0) is 0 Å². The van der Waals surface area contributed by atoms with Crippen LogP contribution in [0.3, 0.4) is 0 Å². The lowest BCUT2D eigenvalue weighted by Gasteiger charge is -2.25. The summed E-state index contributed by atoms with van der Waals surface area (Å²) in [6.45, 7) is 9.15. The summed E-state index contributed by atoms with van der Waals surface area (Å²) in [5.41, 5.74) is 7.87. The van der Waals surface area contributed by atoms with Gasteiger partial charge in [0.2, 0.25) is 0 Å². The summed E-state index contributed by atoms with van der Waals surface area (Å²) in [6.07, 6.45) is 2.27. The smallest absolute Gasteiger partial charge is 0.0297 e. The van der Waals surface area contributed by atoms with E-state index in [-0.39, 0.29) is 6.04 Å². The van der Waals surface area contributed by atoms with Crippen LogP contribution in [-0.4, -0.2) is 0 Å². The zero-order valence-corrected chi connectivity index (χ0v) is 12.9. The molecule has 1 aromatic carbocycles. The molecule has 2 atom stereocenters. The second-order valence-corrected chi connectivity index (χ2v) is 7.18. The molecule has 0 aliphatic carbocycles. The monoisotopic (exact) mass is 297 g/mol. The molecular formula is C15H24BrN. The molecule has 0 aromatic heterocycles. The Labute approximate surface area is 114 Å². The molecule has 0 bridgehead atoms. The van der Waals surface area contributed by atoms with E-state index in [4.69, 9.17) is 5.73 Å². The van der Waals surface area contributed by atoms with E-state index in [2.05, 4.69) is 67.9 Å². The maximum Gasteiger partial charge on any atom is 0.0297 e. The van der Waals surface area contributed by atoms with Crippen LogP contribution in [0, 0.1) is 11.3 Å². The van der Waals surface area contributed by atoms with Gasteiger partial charge >= 0.3 is 0 Å². The van der Waals surface area contributed by atoms with Crippen LogP contribution < -0.4 is 5.73 Å². The molecular weight excluding hydrogens is 274 g/mol. The van der Waals surface area contributed by atoms with E-state index in [1.54, 1.807) is 0 Å². The lowest BCUT2D eigenvalue weighted by Crippen LogP contribution is -2.18. The Morgan fingerprint density at radius 2 is 1.71 bits per heavy atom. The normalized spacial score (nSPS) is 15.6. The summed E-state index contributed by atoms with van der Waals surface area (Å²) in [7, 11) is 0. The first-order valence-corrected chi connectivity index (χ1v) is 7.08. The molecule has 1 nitrogen and oxygen atoms in total. The number of rotatable bonds is 4. The predicted molar refractivity (Wildman–Crippen MR) is 78.9 cm³/mol. The van der Waals surface area contributed by atoms with Crippen molar-refractivity contribution in [1.82, 2.24) is 0 Å². The van der Waals surface area contributed by atoms with Gasteiger partial charge in [-0.1, -0.05) is 55.8 Å². The van der Waals surface area contributed by atoms with Gasteiger partial charge in [0, 0.05) is 10.5 Å². The van der Waals surface area contributed by atoms with Crippen LogP contribution in [0.1, 0.15) is 52.1 Å². The van der Waals surface area contributed by atoms with Crippen molar-refractivity contribution < 1.29 is 0 Å². The first-order valence-electron chi connectivity index (χ1n) is 6.29. The summed E-state index contributed by atoms with van der Waals surface area (Å²) >= 11 is 3.44. The van der Waals surface area contributed by atoms with E-state index >= 15 is 0 Å². The minimum absolute atomic E-state index is 0.153. The van der Waals surface area contributed by atoms with Crippen molar-refractivity contribution in [1.29, 1.82) is 0 Å². The van der Waals surface area contributed by atoms with E-state index in [0.29, 0.717) is 11.3 Å². The highest BCUT2D eigenvalue weighted by atomic mass is 79.9. The molecule has 0 fully saturated rings. The first kappa shape index (κ1) is 14.7. The lowest BCUT2D eigenvalue weighted by molar-refractivity contribution is 0.286. The third kappa shape index (κ3) is 5.69. The van der Waals surface area contributed by atoms with Crippen LogP contribution in [0.25, 0.3) is 0 Å². The van der Waals surface area contributed by atoms with Crippen molar-refractivity contribution in [2.24, 2.45) is 17.1 Å². The highest BCUT2D eigenvalue weighted by Gasteiger charge is 2.18. The van der Waals surface area contributed by atoms with Crippen LogP contribution >= 0.6 is 15.9 Å². The standard InChI is InChI=1S/C15H24BrN/c1-11(10-15(2,3)4)9-14(17)12-5-7-13(16)8-6-12/h5-8,11,14H,9-10,17H2,1-4H3. The van der Waals surface area contributed by atoms with E-state index in [1.165, 1.54) is 12.0 Å². The van der Waals surface area contributed by atoms with Gasteiger partial charge in [-0.15, -0.1) is 0 Å². The molecule has 17 heavy (non-hydrogen) atoms. The summed E-state index contributed by atoms with van der Waals surface area (Å²) < 4.78 is 1.11. The van der Waals surface area contributed by atoms with Crippen molar-refractivity contribution in [2.75, 3.05) is 0 Å². The van der Waals surface area contributed by atoms with Gasteiger partial charge in [-0.05, 0) is 41.9 Å². The largest absolute Gasteiger partial charge is 0.324 e. The van der Waals surface area contributed by atoms with Gasteiger partial charge in [0.05, 0.1) is 0 Å². The minimum Gasteiger partial charge on any atom is -0.324 e.